The van der Waals surface area contributed by atoms with Crippen LogP contribution in [0.4, 0.5) is 4.79 Å². The number of rotatable bonds is 13. The van der Waals surface area contributed by atoms with Crippen LogP contribution in [0, 0.1) is 17.2 Å². The van der Waals surface area contributed by atoms with Gasteiger partial charge in [-0.1, -0.05) is 102 Å². The van der Waals surface area contributed by atoms with Crippen LogP contribution < -0.4 is 10.6 Å². The van der Waals surface area contributed by atoms with Gasteiger partial charge in [-0.15, -0.1) is 0 Å². The Balaban J connectivity index is 1.34. The lowest BCUT2D eigenvalue weighted by Crippen LogP contribution is -2.52. The summed E-state index contributed by atoms with van der Waals surface area (Å²) in [6, 6.07) is 8.35. The molecule has 4 rings (SSSR count). The number of hydrogen-bond acceptors (Lipinski definition) is 3. The van der Waals surface area contributed by atoms with E-state index < -0.39 is 0 Å². The third-order valence-electron chi connectivity index (χ3n) is 9.57. The minimum atomic E-state index is -0.173. The molecule has 2 atom stereocenters. The van der Waals surface area contributed by atoms with E-state index in [1.165, 1.54) is 75.5 Å². The molecular formula is C33H53N5O2. The zero-order valence-corrected chi connectivity index (χ0v) is 25.1. The predicted molar refractivity (Wildman–Crippen MR) is 162 cm³/mol. The Morgan fingerprint density at radius 1 is 1.02 bits per heavy atom. The van der Waals surface area contributed by atoms with Gasteiger partial charge in [-0.25, -0.2) is 4.79 Å². The van der Waals surface area contributed by atoms with E-state index in [0.717, 1.165) is 55.7 Å². The largest absolute Gasteiger partial charge is 0.351 e. The first-order chi connectivity index (χ1) is 19.4. The number of urea groups is 1. The monoisotopic (exact) mass is 551 g/mol. The van der Waals surface area contributed by atoms with Crippen LogP contribution in [0.3, 0.4) is 0 Å². The molecule has 3 amide bonds. The van der Waals surface area contributed by atoms with Crippen molar-refractivity contribution in [3.8, 4) is 0 Å². The fourth-order valence-corrected chi connectivity index (χ4v) is 7.25. The van der Waals surface area contributed by atoms with Gasteiger partial charge in [0.25, 0.3) is 0 Å². The molecule has 0 bridgehead atoms. The number of amides is 3. The van der Waals surface area contributed by atoms with Crippen molar-refractivity contribution in [2.45, 2.75) is 135 Å². The van der Waals surface area contributed by atoms with Crippen LogP contribution in [0.1, 0.15) is 121 Å². The Labute approximate surface area is 242 Å². The Morgan fingerprint density at radius 3 is 2.27 bits per heavy atom. The van der Waals surface area contributed by atoms with Gasteiger partial charge in [-0.05, 0) is 55.6 Å². The van der Waals surface area contributed by atoms with Crippen LogP contribution in [0.5, 0.6) is 0 Å². The summed E-state index contributed by atoms with van der Waals surface area (Å²) in [7, 11) is 0. The highest BCUT2D eigenvalue weighted by molar-refractivity contribution is 5.87. The molecule has 40 heavy (non-hydrogen) atoms. The SMILES string of the molecule is CCC[C@H]1CN(Cc2ccc(CN(C=O)C(=N)N[C@](C)(CCC3CCCCC3)CC3CCCCC3)cc2)C(=O)N1. The second-order valence-corrected chi connectivity index (χ2v) is 13.2. The van der Waals surface area contributed by atoms with Crippen molar-refractivity contribution in [1.82, 2.24) is 20.4 Å². The maximum Gasteiger partial charge on any atom is 0.318 e. The molecule has 0 aromatic heterocycles. The second kappa shape index (κ2) is 14.9. The van der Waals surface area contributed by atoms with Crippen LogP contribution in [-0.4, -0.2) is 46.3 Å². The highest BCUT2D eigenvalue weighted by Crippen LogP contribution is 2.35. The van der Waals surface area contributed by atoms with Crippen molar-refractivity contribution in [1.29, 1.82) is 5.41 Å². The molecule has 2 aliphatic carbocycles. The van der Waals surface area contributed by atoms with Crippen LogP contribution >= 0.6 is 0 Å². The summed E-state index contributed by atoms with van der Waals surface area (Å²) in [5.74, 6) is 1.72. The van der Waals surface area contributed by atoms with Crippen molar-refractivity contribution in [2.24, 2.45) is 11.8 Å². The maximum absolute atomic E-state index is 12.3. The fourth-order valence-electron chi connectivity index (χ4n) is 7.25. The lowest BCUT2D eigenvalue weighted by molar-refractivity contribution is -0.115. The minimum Gasteiger partial charge on any atom is -0.351 e. The van der Waals surface area contributed by atoms with Gasteiger partial charge in [0.2, 0.25) is 6.41 Å². The summed E-state index contributed by atoms with van der Waals surface area (Å²) in [5, 5.41) is 15.5. The Hall–Kier alpha value is -2.57. The van der Waals surface area contributed by atoms with Crippen molar-refractivity contribution in [3.63, 3.8) is 0 Å². The number of carbonyl (C=O) groups excluding carboxylic acids is 2. The fraction of sp³-hybridized carbons (Fsp3) is 0.727. The number of nitrogens with one attached hydrogen (secondary N) is 3. The molecule has 3 aliphatic rings. The highest BCUT2D eigenvalue weighted by atomic mass is 16.2. The lowest BCUT2D eigenvalue weighted by atomic mass is 9.76. The minimum absolute atomic E-state index is 0.00828. The van der Waals surface area contributed by atoms with Crippen LogP contribution in [0.2, 0.25) is 0 Å². The first-order valence-electron chi connectivity index (χ1n) is 16.1. The third-order valence-corrected chi connectivity index (χ3v) is 9.57. The average molecular weight is 552 g/mol. The molecule has 0 radical (unpaired) electrons. The maximum atomic E-state index is 12.3. The first kappa shape index (κ1) is 30.4. The standard InChI is InChI=1S/C33H53N5O2/c1-3-10-30-24-37(32(40)35-30)22-28-15-17-29(18-16-28)23-38(25-39)31(34)36-33(2,21-27-13-8-5-9-14-27)20-19-26-11-6-4-7-12-26/h15-18,25-27,30H,3-14,19-24H2,1-2H3,(H2,34,36)(H,35,40)/t30-,33+/m0/s1. The van der Waals surface area contributed by atoms with Gasteiger partial charge in [0.05, 0.1) is 6.54 Å². The molecule has 0 spiro atoms. The number of benzene rings is 1. The van der Waals surface area contributed by atoms with Gasteiger partial charge in [0.1, 0.15) is 0 Å². The molecule has 1 aromatic rings. The summed E-state index contributed by atoms with van der Waals surface area (Å²) >= 11 is 0. The number of guanidine groups is 1. The summed E-state index contributed by atoms with van der Waals surface area (Å²) in [4.78, 5) is 27.8. The molecular weight excluding hydrogens is 498 g/mol. The molecule has 1 heterocycles. The first-order valence-corrected chi connectivity index (χ1v) is 16.1. The van der Waals surface area contributed by atoms with E-state index in [0.29, 0.717) is 19.0 Å². The normalized spacial score (nSPS) is 22.0. The molecule has 3 N–H and O–H groups in total. The molecule has 3 fully saturated rings. The molecule has 1 saturated heterocycles. The van der Waals surface area contributed by atoms with Gasteiger partial charge in [0, 0.05) is 24.7 Å². The van der Waals surface area contributed by atoms with E-state index in [9.17, 15) is 9.59 Å². The van der Waals surface area contributed by atoms with E-state index in [1.54, 1.807) is 0 Å². The molecule has 1 aliphatic heterocycles. The summed E-state index contributed by atoms with van der Waals surface area (Å²) in [6.07, 6.45) is 19.5. The van der Waals surface area contributed by atoms with E-state index in [2.05, 4.69) is 24.5 Å². The van der Waals surface area contributed by atoms with Crippen molar-refractivity contribution in [2.75, 3.05) is 6.54 Å². The van der Waals surface area contributed by atoms with Crippen LogP contribution in [0.25, 0.3) is 0 Å². The van der Waals surface area contributed by atoms with Crippen molar-refractivity contribution < 1.29 is 9.59 Å². The van der Waals surface area contributed by atoms with Crippen LogP contribution in [0.15, 0.2) is 24.3 Å². The molecule has 2 saturated carbocycles. The predicted octanol–water partition coefficient (Wildman–Crippen LogP) is 6.95. The molecule has 1 aromatic carbocycles. The Bertz CT molecular complexity index is 954. The molecule has 222 valence electrons. The van der Waals surface area contributed by atoms with E-state index >= 15 is 0 Å². The summed E-state index contributed by atoms with van der Waals surface area (Å²) < 4.78 is 0. The summed E-state index contributed by atoms with van der Waals surface area (Å²) in [5.41, 5.74) is 1.88. The average Bonchev–Trinajstić information content (AvgIpc) is 3.30. The summed E-state index contributed by atoms with van der Waals surface area (Å²) in [6.45, 7) is 6.12. The number of nitrogens with zero attached hydrogens (tertiary/aromatic N) is 2. The number of carbonyl (C=O) groups is 2. The molecule has 0 unspecified atom stereocenters. The second-order valence-electron chi connectivity index (χ2n) is 13.2. The zero-order valence-electron chi connectivity index (χ0n) is 25.1. The van der Waals surface area contributed by atoms with Crippen LogP contribution in [-0.2, 0) is 17.9 Å². The Kier molecular flexibility index (Phi) is 11.3. The lowest BCUT2D eigenvalue weighted by Gasteiger charge is -2.39. The van der Waals surface area contributed by atoms with E-state index in [-0.39, 0.29) is 23.6 Å². The third kappa shape index (κ3) is 8.97. The van der Waals surface area contributed by atoms with E-state index in [1.807, 2.05) is 29.2 Å². The van der Waals surface area contributed by atoms with E-state index in [4.69, 9.17) is 5.41 Å². The molecule has 7 heteroatoms. The zero-order chi connectivity index (χ0) is 28.4. The van der Waals surface area contributed by atoms with Crippen molar-refractivity contribution in [3.05, 3.63) is 35.4 Å². The van der Waals surface area contributed by atoms with Gasteiger partial charge in [-0.2, -0.15) is 0 Å². The molecule has 7 nitrogen and oxygen atoms in total. The van der Waals surface area contributed by atoms with Gasteiger partial charge < -0.3 is 15.5 Å². The van der Waals surface area contributed by atoms with Gasteiger partial charge in [-0.3, -0.25) is 15.1 Å². The quantitative estimate of drug-likeness (QED) is 0.141. The number of hydrogen-bond donors (Lipinski definition) is 3. The topological polar surface area (TPSA) is 88.5 Å². The highest BCUT2D eigenvalue weighted by Gasteiger charge is 2.32. The van der Waals surface area contributed by atoms with Gasteiger partial charge >= 0.3 is 6.03 Å². The van der Waals surface area contributed by atoms with Gasteiger partial charge in [0.15, 0.2) is 5.96 Å². The van der Waals surface area contributed by atoms with Crippen molar-refractivity contribution >= 4 is 18.4 Å². The smallest absolute Gasteiger partial charge is 0.318 e. The Morgan fingerprint density at radius 2 is 1.65 bits per heavy atom.